The molecule has 2 heterocycles. The maximum atomic E-state index is 10.6. The van der Waals surface area contributed by atoms with Crippen molar-refractivity contribution >= 4 is 49.6 Å². The number of nitrogens with zero attached hydrogens (tertiary/aromatic N) is 3. The van der Waals surface area contributed by atoms with Crippen molar-refractivity contribution in [3.8, 4) is 6.07 Å². The molecule has 4 aromatic carbocycles. The molecule has 0 radical (unpaired) electrons. The van der Waals surface area contributed by atoms with Gasteiger partial charge in [-0.25, -0.2) is 0 Å². The smallest absolute Gasteiger partial charge is 0.550 e. The van der Waals surface area contributed by atoms with Crippen LogP contribution in [0.3, 0.4) is 0 Å². The van der Waals surface area contributed by atoms with E-state index in [1.165, 1.54) is 21.8 Å². The summed E-state index contributed by atoms with van der Waals surface area (Å²) in [5, 5.41) is 24.2. The van der Waals surface area contributed by atoms with Crippen molar-refractivity contribution in [3.05, 3.63) is 97.1 Å². The van der Waals surface area contributed by atoms with Crippen LogP contribution in [0.4, 0.5) is 0 Å². The summed E-state index contributed by atoms with van der Waals surface area (Å²) in [6.45, 7) is 1.20. The third kappa shape index (κ3) is 5.12. The molecule has 5 nitrogen and oxygen atoms in total. The second kappa shape index (κ2) is 11.9. The normalized spacial score (nSPS) is 10.6. The van der Waals surface area contributed by atoms with E-state index in [9.17, 15) is 9.90 Å². The number of aliphatic carboxylic acids is 1. The summed E-state index contributed by atoms with van der Waals surface area (Å²) in [5.74, 6) is -1.02. The van der Waals surface area contributed by atoms with Crippen LogP contribution in [0.2, 0.25) is 0 Å². The average Bonchev–Trinajstić information content (AvgIpc) is 3.39. The summed E-state index contributed by atoms with van der Waals surface area (Å²) in [4.78, 5) is 10.6. The molecule has 0 amide bonds. The Balaban J connectivity index is 0.000000165. The van der Waals surface area contributed by atoms with Gasteiger partial charge in [-0.1, -0.05) is 72.8 Å². The second-order valence-corrected chi connectivity index (χ2v) is 8.40. The molecule has 0 aliphatic carbocycles. The average molecular weight is 498 g/mol. The number of nitriles is 1. The van der Waals surface area contributed by atoms with Crippen LogP contribution in [-0.2, 0) is 17.9 Å². The molecule has 36 heavy (non-hydrogen) atoms. The first-order valence-corrected chi connectivity index (χ1v) is 11.7. The van der Waals surface area contributed by atoms with Crippen molar-refractivity contribution in [1.29, 1.82) is 5.26 Å². The number of benzene rings is 4. The van der Waals surface area contributed by atoms with E-state index in [2.05, 4.69) is 59.2 Å². The van der Waals surface area contributed by atoms with Gasteiger partial charge in [0.15, 0.2) is 0 Å². The van der Waals surface area contributed by atoms with Crippen molar-refractivity contribution in [2.24, 2.45) is 0 Å². The zero-order valence-electron chi connectivity index (χ0n) is 20.2. The zero-order chi connectivity index (χ0) is 24.2. The first kappa shape index (κ1) is 26.1. The van der Waals surface area contributed by atoms with Crippen LogP contribution in [-0.4, -0.2) is 15.1 Å². The van der Waals surface area contributed by atoms with Crippen molar-refractivity contribution in [2.45, 2.75) is 25.9 Å². The van der Waals surface area contributed by atoms with Crippen LogP contribution in [0.5, 0.6) is 0 Å². The van der Waals surface area contributed by atoms with Gasteiger partial charge in [0.05, 0.1) is 12.5 Å². The molecule has 0 saturated carbocycles. The van der Waals surface area contributed by atoms with Gasteiger partial charge in [-0.05, 0) is 24.3 Å². The summed E-state index contributed by atoms with van der Waals surface area (Å²) >= 11 is 0. The Morgan fingerprint density at radius 3 is 1.31 bits per heavy atom. The van der Waals surface area contributed by atoms with E-state index in [1.54, 1.807) is 0 Å². The monoisotopic (exact) mass is 497 g/mol. The molecule has 0 fully saturated rings. The van der Waals surface area contributed by atoms with Gasteiger partial charge < -0.3 is 19.0 Å². The van der Waals surface area contributed by atoms with Gasteiger partial charge in [-0.3, -0.25) is 0 Å². The van der Waals surface area contributed by atoms with Crippen LogP contribution in [0.1, 0.15) is 12.8 Å². The summed E-state index contributed by atoms with van der Waals surface area (Å²) in [6.07, 6.45) is 0.575. The van der Waals surface area contributed by atoms with E-state index in [0.717, 1.165) is 28.4 Å². The topological polar surface area (TPSA) is 73.8 Å². The largest absolute Gasteiger partial charge is 1.00 e. The quantitative estimate of drug-likeness (QED) is 0.344. The molecule has 0 spiro atoms. The third-order valence-corrected chi connectivity index (χ3v) is 6.35. The number of rotatable bonds is 5. The molecule has 0 bridgehead atoms. The molecule has 0 aliphatic rings. The number of hydrogen-bond donors (Lipinski definition) is 0. The van der Waals surface area contributed by atoms with Crippen LogP contribution in [0, 0.1) is 11.3 Å². The number of fused-ring (bicyclic) bond motifs is 6. The van der Waals surface area contributed by atoms with E-state index in [4.69, 9.17) is 5.26 Å². The van der Waals surface area contributed by atoms with Gasteiger partial charge in [0, 0.05) is 69.1 Å². The second-order valence-electron chi connectivity index (χ2n) is 8.40. The summed E-state index contributed by atoms with van der Waals surface area (Å²) in [6, 6.07) is 35.0. The minimum Gasteiger partial charge on any atom is -0.550 e. The number of carboxylic acid groups (broad SMARTS) is 1. The van der Waals surface area contributed by atoms with Crippen LogP contribution < -0.4 is 56.5 Å². The predicted molar refractivity (Wildman–Crippen MR) is 139 cm³/mol. The zero-order valence-corrected chi connectivity index (χ0v) is 23.3. The van der Waals surface area contributed by atoms with E-state index >= 15 is 0 Å². The number of para-hydroxylation sites is 4. The van der Waals surface area contributed by atoms with E-state index in [-0.39, 0.29) is 57.8 Å². The summed E-state index contributed by atoms with van der Waals surface area (Å²) in [7, 11) is 0. The summed E-state index contributed by atoms with van der Waals surface area (Å²) < 4.78 is 4.27. The molecule has 6 heteroatoms. The molecule has 6 aromatic rings. The molecular weight excluding hydrogens is 473 g/mol. The van der Waals surface area contributed by atoms with Crippen LogP contribution in [0.15, 0.2) is 97.1 Å². The molecule has 0 unspecified atom stereocenters. The number of aromatic nitrogens is 2. The van der Waals surface area contributed by atoms with Gasteiger partial charge in [0.1, 0.15) is 0 Å². The van der Waals surface area contributed by atoms with Crippen LogP contribution in [0.25, 0.3) is 43.6 Å². The van der Waals surface area contributed by atoms with Crippen molar-refractivity contribution in [3.63, 3.8) is 0 Å². The maximum Gasteiger partial charge on any atom is 1.00 e. The maximum absolute atomic E-state index is 10.6. The fourth-order valence-electron chi connectivity index (χ4n) is 4.85. The van der Waals surface area contributed by atoms with Gasteiger partial charge in [0.25, 0.3) is 0 Å². The Labute approximate surface area is 252 Å². The number of carboxylic acids is 1. The fraction of sp³-hybridized carbons (Fsp3) is 0.133. The molecule has 0 aliphatic heterocycles. The Morgan fingerprint density at radius 2 is 0.972 bits per heavy atom. The molecule has 0 atom stereocenters. The predicted octanol–water partition coefficient (Wildman–Crippen LogP) is 2.65. The molecular formula is C30H24KN3O2. The molecule has 0 saturated heterocycles. The van der Waals surface area contributed by atoms with Crippen molar-refractivity contribution < 1.29 is 61.3 Å². The molecule has 2 aromatic heterocycles. The number of hydrogen-bond acceptors (Lipinski definition) is 3. The Bertz CT molecular complexity index is 1600. The van der Waals surface area contributed by atoms with E-state index in [1.807, 2.05) is 53.1 Å². The third-order valence-electron chi connectivity index (χ3n) is 6.35. The standard InChI is InChI=1S/C15H12N2.C15H13NO2.K/c16-10-5-11-17-14-8-3-1-6-12(14)13-7-2-4-9-15(13)17;17-15(18)9-10-16-13-7-3-1-5-11(13)12-6-2-4-8-14(12)16;/h1-4,6-9H,5,11H2;1-8H,9-10H2,(H,17,18);/q;;+1/p-1. The number of carbonyl (C=O) groups excluding carboxylic acids is 1. The minimum atomic E-state index is -1.02. The first-order valence-electron chi connectivity index (χ1n) is 11.7. The molecule has 0 N–H and O–H groups in total. The minimum absolute atomic E-state index is 0. The van der Waals surface area contributed by atoms with E-state index < -0.39 is 5.97 Å². The molecule has 6 rings (SSSR count). The first-order chi connectivity index (χ1) is 17.2. The van der Waals surface area contributed by atoms with Gasteiger partial charge in [-0.15, -0.1) is 0 Å². The van der Waals surface area contributed by atoms with Gasteiger partial charge >= 0.3 is 51.4 Å². The number of carbonyl (C=O) groups is 1. The van der Waals surface area contributed by atoms with Gasteiger partial charge in [0.2, 0.25) is 0 Å². The van der Waals surface area contributed by atoms with Crippen molar-refractivity contribution in [1.82, 2.24) is 9.13 Å². The molecule has 172 valence electrons. The van der Waals surface area contributed by atoms with E-state index in [0.29, 0.717) is 13.0 Å². The Kier molecular flexibility index (Phi) is 8.62. The van der Waals surface area contributed by atoms with Crippen LogP contribution >= 0.6 is 0 Å². The SMILES string of the molecule is N#CCCn1c2ccccc2c2ccccc21.O=C([O-])CCn1c2ccccc2c2ccccc21.[K+]. The Hall–Kier alpha value is -2.92. The summed E-state index contributed by atoms with van der Waals surface area (Å²) in [5.41, 5.74) is 4.56. The Morgan fingerprint density at radius 1 is 0.639 bits per heavy atom. The number of aryl methyl sites for hydroxylation is 2. The van der Waals surface area contributed by atoms with Gasteiger partial charge in [-0.2, -0.15) is 5.26 Å². The fourth-order valence-corrected chi connectivity index (χ4v) is 4.85. The van der Waals surface area contributed by atoms with Crippen molar-refractivity contribution in [2.75, 3.05) is 0 Å².